The van der Waals surface area contributed by atoms with Crippen LogP contribution in [0.15, 0.2) is 41.3 Å². The standard InChI is InChI=1S/C22H25F2N3O4S/c23-16-12-17(24)14-18(13-16)25-22(28)20-15-19(32(29,30)27-8-10-31-11-9-27)4-5-21(20)26-6-2-1-3-7-26/h4-5,12-15H,1-3,6-11H2,(H,25,28). The molecule has 0 aromatic heterocycles. The maximum Gasteiger partial charge on any atom is 0.257 e. The van der Waals surface area contributed by atoms with Gasteiger partial charge < -0.3 is 15.0 Å². The van der Waals surface area contributed by atoms with Gasteiger partial charge in [-0.05, 0) is 49.6 Å². The normalized spacial score (nSPS) is 17.9. The molecule has 0 atom stereocenters. The molecule has 2 fully saturated rings. The fraction of sp³-hybridized carbons (Fsp3) is 0.409. The molecule has 4 rings (SSSR count). The molecule has 2 aliphatic heterocycles. The molecule has 10 heteroatoms. The molecule has 2 aliphatic rings. The fourth-order valence-electron chi connectivity index (χ4n) is 4.03. The van der Waals surface area contributed by atoms with Crippen molar-refractivity contribution in [3.05, 3.63) is 53.6 Å². The molecule has 0 saturated carbocycles. The zero-order chi connectivity index (χ0) is 22.7. The molecule has 0 unspecified atom stereocenters. The lowest BCUT2D eigenvalue weighted by Crippen LogP contribution is -2.40. The van der Waals surface area contributed by atoms with Gasteiger partial charge in [-0.25, -0.2) is 17.2 Å². The van der Waals surface area contributed by atoms with Gasteiger partial charge in [-0.2, -0.15) is 4.31 Å². The molecule has 0 radical (unpaired) electrons. The maximum atomic E-state index is 13.6. The number of anilines is 2. The van der Waals surface area contributed by atoms with E-state index in [0.29, 0.717) is 25.0 Å². The third-order valence-corrected chi connectivity index (χ3v) is 7.53. The first-order valence-corrected chi connectivity index (χ1v) is 12.0. The minimum Gasteiger partial charge on any atom is -0.379 e. The van der Waals surface area contributed by atoms with E-state index in [1.807, 2.05) is 4.90 Å². The minimum absolute atomic E-state index is 0.00395. The monoisotopic (exact) mass is 465 g/mol. The molecule has 1 N–H and O–H groups in total. The van der Waals surface area contributed by atoms with Crippen LogP contribution >= 0.6 is 0 Å². The molecule has 32 heavy (non-hydrogen) atoms. The van der Waals surface area contributed by atoms with Crippen molar-refractivity contribution in [2.75, 3.05) is 49.6 Å². The number of piperidine rings is 1. The molecule has 1 amide bonds. The Morgan fingerprint density at radius 2 is 1.56 bits per heavy atom. The lowest BCUT2D eigenvalue weighted by Gasteiger charge is -2.31. The van der Waals surface area contributed by atoms with Crippen LogP contribution in [0.1, 0.15) is 29.6 Å². The van der Waals surface area contributed by atoms with E-state index in [9.17, 15) is 22.0 Å². The van der Waals surface area contributed by atoms with E-state index in [2.05, 4.69) is 5.32 Å². The SMILES string of the molecule is O=C(Nc1cc(F)cc(F)c1)c1cc(S(=O)(=O)N2CCOCC2)ccc1N1CCCCC1. The largest absolute Gasteiger partial charge is 0.379 e. The van der Waals surface area contributed by atoms with Crippen LogP contribution < -0.4 is 10.2 Å². The highest BCUT2D eigenvalue weighted by atomic mass is 32.2. The Kier molecular flexibility index (Phi) is 6.73. The zero-order valence-corrected chi connectivity index (χ0v) is 18.3. The van der Waals surface area contributed by atoms with Crippen molar-refractivity contribution in [2.24, 2.45) is 0 Å². The van der Waals surface area contributed by atoms with Gasteiger partial charge in [0.05, 0.1) is 23.7 Å². The highest BCUT2D eigenvalue weighted by Crippen LogP contribution is 2.29. The van der Waals surface area contributed by atoms with Crippen LogP contribution in [0.25, 0.3) is 0 Å². The van der Waals surface area contributed by atoms with Gasteiger partial charge in [0.15, 0.2) is 0 Å². The van der Waals surface area contributed by atoms with Crippen LogP contribution in [0, 0.1) is 11.6 Å². The molecule has 0 aliphatic carbocycles. The van der Waals surface area contributed by atoms with Gasteiger partial charge in [0.1, 0.15) is 11.6 Å². The van der Waals surface area contributed by atoms with Crippen LogP contribution in [0.3, 0.4) is 0 Å². The summed E-state index contributed by atoms with van der Waals surface area (Å²) in [4.78, 5) is 15.2. The predicted molar refractivity (Wildman–Crippen MR) is 116 cm³/mol. The number of nitrogens with one attached hydrogen (secondary N) is 1. The van der Waals surface area contributed by atoms with E-state index in [1.54, 1.807) is 6.07 Å². The molecule has 2 aromatic carbocycles. The summed E-state index contributed by atoms with van der Waals surface area (Å²) in [6.45, 7) is 2.57. The zero-order valence-electron chi connectivity index (χ0n) is 17.5. The molecule has 0 spiro atoms. The summed E-state index contributed by atoms with van der Waals surface area (Å²) in [6.07, 6.45) is 3.01. The van der Waals surface area contributed by atoms with Crippen LogP contribution in [0.2, 0.25) is 0 Å². The van der Waals surface area contributed by atoms with Crippen molar-refractivity contribution in [3.63, 3.8) is 0 Å². The van der Waals surface area contributed by atoms with Gasteiger partial charge >= 0.3 is 0 Å². The predicted octanol–water partition coefficient (Wildman–Crippen LogP) is 3.23. The first-order valence-electron chi connectivity index (χ1n) is 10.6. The second kappa shape index (κ2) is 9.51. The molecule has 172 valence electrons. The summed E-state index contributed by atoms with van der Waals surface area (Å²) in [5, 5.41) is 2.50. The first-order chi connectivity index (χ1) is 15.3. The van der Waals surface area contributed by atoms with E-state index < -0.39 is 27.6 Å². The third-order valence-electron chi connectivity index (χ3n) is 5.64. The third kappa shape index (κ3) is 4.92. The molecule has 2 saturated heterocycles. The molecule has 0 bridgehead atoms. The lowest BCUT2D eigenvalue weighted by atomic mass is 10.1. The number of sulfonamides is 1. The van der Waals surface area contributed by atoms with E-state index in [0.717, 1.165) is 44.5 Å². The highest BCUT2D eigenvalue weighted by molar-refractivity contribution is 7.89. The summed E-state index contributed by atoms with van der Waals surface area (Å²) in [5.74, 6) is -2.27. The van der Waals surface area contributed by atoms with Crippen molar-refractivity contribution in [2.45, 2.75) is 24.2 Å². The van der Waals surface area contributed by atoms with Crippen LogP contribution in [0.4, 0.5) is 20.2 Å². The van der Waals surface area contributed by atoms with Crippen LogP contribution in [0.5, 0.6) is 0 Å². The van der Waals surface area contributed by atoms with Gasteiger partial charge in [0.2, 0.25) is 10.0 Å². The van der Waals surface area contributed by atoms with Crippen molar-refractivity contribution in [1.29, 1.82) is 0 Å². The Labute approximate surface area is 186 Å². The number of carbonyl (C=O) groups is 1. The van der Waals surface area contributed by atoms with Crippen LogP contribution in [-0.2, 0) is 14.8 Å². The molecule has 2 aromatic rings. The van der Waals surface area contributed by atoms with Crippen molar-refractivity contribution >= 4 is 27.3 Å². The fourth-order valence-corrected chi connectivity index (χ4v) is 5.46. The van der Waals surface area contributed by atoms with Crippen molar-refractivity contribution in [1.82, 2.24) is 4.31 Å². The number of hydrogen-bond acceptors (Lipinski definition) is 5. The van der Waals surface area contributed by atoms with Crippen molar-refractivity contribution in [3.8, 4) is 0 Å². The molecular formula is C22H25F2N3O4S. The number of hydrogen-bond donors (Lipinski definition) is 1. The van der Waals surface area contributed by atoms with Gasteiger partial charge in [-0.1, -0.05) is 0 Å². The van der Waals surface area contributed by atoms with Crippen LogP contribution in [-0.4, -0.2) is 58.0 Å². The Hall–Kier alpha value is -2.56. The van der Waals surface area contributed by atoms with Crippen molar-refractivity contribution < 1.29 is 26.7 Å². The van der Waals surface area contributed by atoms with E-state index in [-0.39, 0.29) is 29.2 Å². The average molecular weight is 466 g/mol. The Bertz CT molecular complexity index is 1080. The number of morpholine rings is 1. The highest BCUT2D eigenvalue weighted by Gasteiger charge is 2.29. The summed E-state index contributed by atoms with van der Waals surface area (Å²) < 4.78 is 60.0. The number of halogens is 2. The maximum absolute atomic E-state index is 13.6. The van der Waals surface area contributed by atoms with Gasteiger partial charge in [-0.3, -0.25) is 4.79 Å². The average Bonchev–Trinajstić information content (AvgIpc) is 2.79. The second-order valence-electron chi connectivity index (χ2n) is 7.86. The molecular weight excluding hydrogens is 440 g/mol. The lowest BCUT2D eigenvalue weighted by molar-refractivity contribution is 0.0730. The van der Waals surface area contributed by atoms with E-state index in [1.165, 1.54) is 16.4 Å². The minimum atomic E-state index is -3.82. The van der Waals surface area contributed by atoms with Gasteiger partial charge in [0, 0.05) is 43.6 Å². The smallest absolute Gasteiger partial charge is 0.257 e. The number of benzene rings is 2. The number of rotatable bonds is 5. The van der Waals surface area contributed by atoms with E-state index >= 15 is 0 Å². The second-order valence-corrected chi connectivity index (χ2v) is 9.79. The number of nitrogens with zero attached hydrogens (tertiary/aromatic N) is 2. The first kappa shape index (κ1) is 22.6. The Morgan fingerprint density at radius 3 is 2.22 bits per heavy atom. The Balaban J connectivity index is 1.71. The number of amides is 1. The summed E-state index contributed by atoms with van der Waals surface area (Å²) in [6, 6.07) is 7.23. The topological polar surface area (TPSA) is 79.0 Å². The number of ether oxygens (including phenoxy) is 1. The summed E-state index contributed by atoms with van der Waals surface area (Å²) in [5.41, 5.74) is 0.699. The quantitative estimate of drug-likeness (QED) is 0.734. The van der Waals surface area contributed by atoms with Gasteiger partial charge in [0.25, 0.3) is 5.91 Å². The van der Waals surface area contributed by atoms with Gasteiger partial charge in [-0.15, -0.1) is 0 Å². The Morgan fingerprint density at radius 1 is 0.906 bits per heavy atom. The summed E-state index contributed by atoms with van der Waals surface area (Å²) in [7, 11) is -3.82. The number of carbonyl (C=O) groups excluding carboxylic acids is 1. The summed E-state index contributed by atoms with van der Waals surface area (Å²) >= 11 is 0. The van der Waals surface area contributed by atoms with E-state index in [4.69, 9.17) is 4.74 Å². The molecule has 7 nitrogen and oxygen atoms in total. The molecule has 2 heterocycles.